The lowest BCUT2D eigenvalue weighted by Gasteiger charge is -2.36. The van der Waals surface area contributed by atoms with Crippen LogP contribution in [0.1, 0.15) is 84.9 Å². The van der Waals surface area contributed by atoms with Crippen LogP contribution in [-0.2, 0) is 14.3 Å². The van der Waals surface area contributed by atoms with Crippen LogP contribution in [-0.4, -0.2) is 52.3 Å². The number of hydrogen-bond donors (Lipinski definition) is 3. The number of ether oxygens (including phenoxy) is 1. The van der Waals surface area contributed by atoms with Crippen molar-refractivity contribution < 1.29 is 19.1 Å². The first-order valence-corrected chi connectivity index (χ1v) is 12.6. The standard InChI is InChI=1S/C27H41N3O4S/c1-9-11-12-17-30(24(32)21(18-35)28-25(33)34-27(6,7)8)22(23(31)29-26(3,4)5)20-15-13-19(10-2)14-16-20/h2,13-16,21-22,35H,9,11-12,17-18H2,1,3-8H3,(H,28,33)(H,29,31). The first-order valence-electron chi connectivity index (χ1n) is 12.0. The second-order valence-electron chi connectivity index (χ2n) is 10.5. The van der Waals surface area contributed by atoms with Gasteiger partial charge in [0.05, 0.1) is 0 Å². The van der Waals surface area contributed by atoms with E-state index in [1.165, 1.54) is 4.90 Å². The molecule has 1 aromatic carbocycles. The predicted octanol–water partition coefficient (Wildman–Crippen LogP) is 4.47. The monoisotopic (exact) mass is 503 g/mol. The SMILES string of the molecule is C#Cc1ccc(C(C(=O)NC(C)(C)C)N(CCCCC)C(=O)C(CS)NC(=O)OC(C)(C)C)cc1. The molecule has 1 rings (SSSR count). The molecule has 2 atom stereocenters. The van der Waals surface area contributed by atoms with E-state index in [9.17, 15) is 14.4 Å². The number of carbonyl (C=O) groups is 3. The fraction of sp³-hybridized carbons (Fsp3) is 0.593. The fourth-order valence-electron chi connectivity index (χ4n) is 3.41. The molecule has 3 amide bonds. The third-order valence-electron chi connectivity index (χ3n) is 4.91. The Kier molecular flexibility index (Phi) is 11.7. The number of unbranched alkanes of at least 4 members (excludes halogenated alkanes) is 2. The summed E-state index contributed by atoms with van der Waals surface area (Å²) in [6.07, 6.45) is 7.33. The topological polar surface area (TPSA) is 87.7 Å². The number of amides is 3. The van der Waals surface area contributed by atoms with Crippen LogP contribution < -0.4 is 10.6 Å². The van der Waals surface area contributed by atoms with Gasteiger partial charge in [-0.3, -0.25) is 9.59 Å². The normalized spacial score (nSPS) is 13.2. The lowest BCUT2D eigenvalue weighted by Crippen LogP contribution is -2.55. The summed E-state index contributed by atoms with van der Waals surface area (Å²) in [6, 6.07) is 5.14. The smallest absolute Gasteiger partial charge is 0.408 e. The van der Waals surface area contributed by atoms with Crippen LogP contribution in [0, 0.1) is 12.3 Å². The zero-order chi connectivity index (χ0) is 26.8. The molecule has 1 aromatic rings. The Morgan fingerprint density at radius 3 is 2.14 bits per heavy atom. The van der Waals surface area contributed by atoms with Crippen molar-refractivity contribution in [3.8, 4) is 12.3 Å². The van der Waals surface area contributed by atoms with Crippen molar-refractivity contribution in [3.63, 3.8) is 0 Å². The zero-order valence-electron chi connectivity index (χ0n) is 22.1. The second kappa shape index (κ2) is 13.4. The number of thiol groups is 1. The Morgan fingerprint density at radius 1 is 1.09 bits per heavy atom. The van der Waals surface area contributed by atoms with Gasteiger partial charge in [-0.15, -0.1) is 6.42 Å². The van der Waals surface area contributed by atoms with Crippen LogP contribution in [0.15, 0.2) is 24.3 Å². The maximum absolute atomic E-state index is 13.8. The molecule has 0 saturated carbocycles. The van der Waals surface area contributed by atoms with E-state index >= 15 is 0 Å². The second-order valence-corrected chi connectivity index (χ2v) is 10.9. The number of nitrogens with zero attached hydrogens (tertiary/aromatic N) is 1. The summed E-state index contributed by atoms with van der Waals surface area (Å²) in [5, 5.41) is 5.62. The summed E-state index contributed by atoms with van der Waals surface area (Å²) >= 11 is 4.31. The van der Waals surface area contributed by atoms with Gasteiger partial charge in [0.15, 0.2) is 0 Å². The van der Waals surface area contributed by atoms with Crippen LogP contribution in [0.5, 0.6) is 0 Å². The largest absolute Gasteiger partial charge is 0.444 e. The lowest BCUT2D eigenvalue weighted by molar-refractivity contribution is -0.142. The number of rotatable bonds is 10. The van der Waals surface area contributed by atoms with Crippen molar-refractivity contribution >= 4 is 30.5 Å². The lowest BCUT2D eigenvalue weighted by atomic mass is 9.99. The van der Waals surface area contributed by atoms with Gasteiger partial charge in [0.2, 0.25) is 11.8 Å². The van der Waals surface area contributed by atoms with Gasteiger partial charge in [-0.2, -0.15) is 12.6 Å². The average Bonchev–Trinajstić information content (AvgIpc) is 2.74. The Labute approximate surface area is 216 Å². The summed E-state index contributed by atoms with van der Waals surface area (Å²) in [5.74, 6) is 1.90. The van der Waals surface area contributed by atoms with E-state index < -0.39 is 35.2 Å². The number of nitrogens with one attached hydrogen (secondary N) is 2. The summed E-state index contributed by atoms with van der Waals surface area (Å²) in [5.41, 5.74) is 0.0747. The molecule has 194 valence electrons. The van der Waals surface area contributed by atoms with Gasteiger partial charge in [-0.05, 0) is 65.7 Å². The molecule has 0 bridgehead atoms. The fourth-order valence-corrected chi connectivity index (χ4v) is 3.65. The molecule has 0 radical (unpaired) electrons. The van der Waals surface area contributed by atoms with E-state index in [2.05, 4.69) is 36.1 Å². The van der Waals surface area contributed by atoms with Gasteiger partial charge < -0.3 is 20.3 Å². The molecule has 2 unspecified atom stereocenters. The van der Waals surface area contributed by atoms with Crippen LogP contribution >= 0.6 is 12.6 Å². The Balaban J connectivity index is 3.43. The third-order valence-corrected chi connectivity index (χ3v) is 5.27. The highest BCUT2D eigenvalue weighted by Gasteiger charge is 2.36. The predicted molar refractivity (Wildman–Crippen MR) is 143 cm³/mol. The van der Waals surface area contributed by atoms with Crippen molar-refractivity contribution in [3.05, 3.63) is 35.4 Å². The molecule has 35 heavy (non-hydrogen) atoms. The molecule has 2 N–H and O–H groups in total. The highest BCUT2D eigenvalue weighted by molar-refractivity contribution is 7.80. The van der Waals surface area contributed by atoms with Crippen LogP contribution in [0.25, 0.3) is 0 Å². The molecule has 8 heteroatoms. The average molecular weight is 504 g/mol. The molecule has 0 aromatic heterocycles. The van der Waals surface area contributed by atoms with Gasteiger partial charge in [-0.1, -0.05) is 37.8 Å². The maximum atomic E-state index is 13.8. The van der Waals surface area contributed by atoms with E-state index in [1.54, 1.807) is 45.0 Å². The van der Waals surface area contributed by atoms with E-state index in [0.29, 0.717) is 24.1 Å². The van der Waals surface area contributed by atoms with E-state index in [-0.39, 0.29) is 11.7 Å². The van der Waals surface area contributed by atoms with Crippen molar-refractivity contribution in [1.29, 1.82) is 0 Å². The van der Waals surface area contributed by atoms with Gasteiger partial charge in [0.25, 0.3) is 0 Å². The molecule has 0 saturated heterocycles. The summed E-state index contributed by atoms with van der Waals surface area (Å²) in [4.78, 5) is 41.2. The molecular weight excluding hydrogens is 462 g/mol. The summed E-state index contributed by atoms with van der Waals surface area (Å²) in [7, 11) is 0. The number of carbonyl (C=O) groups excluding carboxylic acids is 3. The van der Waals surface area contributed by atoms with Gasteiger partial charge >= 0.3 is 6.09 Å². The van der Waals surface area contributed by atoms with Crippen molar-refractivity contribution in [1.82, 2.24) is 15.5 Å². The molecule has 0 aliphatic carbocycles. The summed E-state index contributed by atoms with van der Waals surface area (Å²) < 4.78 is 5.33. The molecule has 0 heterocycles. The highest BCUT2D eigenvalue weighted by Crippen LogP contribution is 2.25. The zero-order valence-corrected chi connectivity index (χ0v) is 23.0. The molecule has 0 aliphatic rings. The maximum Gasteiger partial charge on any atom is 0.408 e. The van der Waals surface area contributed by atoms with Crippen LogP contribution in [0.3, 0.4) is 0 Å². The first-order chi connectivity index (χ1) is 16.2. The number of hydrogen-bond acceptors (Lipinski definition) is 5. The molecule has 0 aliphatic heterocycles. The Hall–Kier alpha value is -2.66. The third kappa shape index (κ3) is 10.6. The van der Waals surface area contributed by atoms with Gasteiger partial charge in [0, 0.05) is 23.4 Å². The Bertz CT molecular complexity index is 895. The molecule has 0 spiro atoms. The number of terminal acetylenes is 1. The van der Waals surface area contributed by atoms with Gasteiger partial charge in [0.1, 0.15) is 17.7 Å². The minimum atomic E-state index is -0.968. The number of alkyl carbamates (subject to hydrolysis) is 1. The van der Waals surface area contributed by atoms with Crippen molar-refractivity contribution in [2.75, 3.05) is 12.3 Å². The minimum Gasteiger partial charge on any atom is -0.444 e. The van der Waals surface area contributed by atoms with Crippen LogP contribution in [0.4, 0.5) is 4.79 Å². The molecular formula is C27H41N3O4S. The molecule has 7 nitrogen and oxygen atoms in total. The van der Waals surface area contributed by atoms with Crippen molar-refractivity contribution in [2.24, 2.45) is 0 Å². The Morgan fingerprint density at radius 2 is 1.69 bits per heavy atom. The number of benzene rings is 1. The quantitative estimate of drug-likeness (QED) is 0.250. The summed E-state index contributed by atoms with van der Waals surface area (Å²) in [6.45, 7) is 13.3. The first kappa shape index (κ1) is 30.4. The van der Waals surface area contributed by atoms with E-state index in [4.69, 9.17) is 11.2 Å². The van der Waals surface area contributed by atoms with Crippen molar-refractivity contribution in [2.45, 2.75) is 91.0 Å². The highest BCUT2D eigenvalue weighted by atomic mass is 32.1. The van der Waals surface area contributed by atoms with E-state index in [0.717, 1.165) is 12.8 Å². The van der Waals surface area contributed by atoms with Gasteiger partial charge in [-0.25, -0.2) is 4.79 Å². The molecule has 0 fully saturated rings. The van der Waals surface area contributed by atoms with Crippen LogP contribution in [0.2, 0.25) is 0 Å². The van der Waals surface area contributed by atoms with E-state index in [1.807, 2.05) is 20.8 Å². The minimum absolute atomic E-state index is 0.0476.